The summed E-state index contributed by atoms with van der Waals surface area (Å²) in [6.45, 7) is 5.39. The van der Waals surface area contributed by atoms with Gasteiger partial charge in [-0.05, 0) is 12.8 Å². The minimum absolute atomic E-state index is 0.178. The first-order chi connectivity index (χ1) is 7.87. The molecule has 0 bridgehead atoms. The molecule has 5 N–H and O–H groups in total. The molecule has 1 aromatic heterocycles. The molecule has 0 fully saturated rings. The molecule has 0 saturated heterocycles. The second-order valence-corrected chi connectivity index (χ2v) is 4.68. The van der Waals surface area contributed by atoms with Crippen molar-refractivity contribution in [3.63, 3.8) is 0 Å². The first-order valence-corrected chi connectivity index (χ1v) is 5.55. The molecule has 0 radical (unpaired) electrons. The summed E-state index contributed by atoms with van der Waals surface area (Å²) < 4.78 is 0. The van der Waals surface area contributed by atoms with Crippen LogP contribution in [0, 0.1) is 0 Å². The molecule has 0 aliphatic rings. The summed E-state index contributed by atoms with van der Waals surface area (Å²) in [5.74, 6) is 1.21. The van der Waals surface area contributed by atoms with E-state index < -0.39 is 5.60 Å². The number of aliphatic hydroxyl groups is 2. The number of rotatable bonds is 5. The number of nitrogen functional groups attached to an aromatic ring is 1. The van der Waals surface area contributed by atoms with E-state index in [9.17, 15) is 5.11 Å². The molecular weight excluding hydrogens is 220 g/mol. The van der Waals surface area contributed by atoms with Gasteiger partial charge in [0, 0.05) is 12.1 Å². The van der Waals surface area contributed by atoms with Crippen molar-refractivity contribution < 1.29 is 10.2 Å². The van der Waals surface area contributed by atoms with Crippen LogP contribution in [-0.4, -0.2) is 38.9 Å². The highest BCUT2D eigenvalue weighted by molar-refractivity contribution is 5.56. The van der Waals surface area contributed by atoms with E-state index in [1.165, 1.54) is 6.33 Å². The van der Waals surface area contributed by atoms with Crippen LogP contribution in [0.2, 0.25) is 0 Å². The Kier molecular flexibility index (Phi) is 4.25. The van der Waals surface area contributed by atoms with Crippen molar-refractivity contribution >= 4 is 11.6 Å². The summed E-state index contributed by atoms with van der Waals surface area (Å²) >= 11 is 0. The van der Waals surface area contributed by atoms with Gasteiger partial charge >= 0.3 is 0 Å². The summed E-state index contributed by atoms with van der Waals surface area (Å²) in [6, 6.07) is 0. The Morgan fingerprint density at radius 3 is 2.65 bits per heavy atom. The van der Waals surface area contributed by atoms with Crippen molar-refractivity contribution in [2.45, 2.75) is 32.3 Å². The highest BCUT2D eigenvalue weighted by Gasteiger charge is 2.20. The first-order valence-electron chi connectivity index (χ1n) is 5.55. The number of hydrogen-bond donors (Lipinski definition) is 4. The van der Waals surface area contributed by atoms with Crippen LogP contribution in [0.5, 0.6) is 0 Å². The molecule has 6 nitrogen and oxygen atoms in total. The molecule has 6 heteroatoms. The molecule has 1 heterocycles. The van der Waals surface area contributed by atoms with Crippen LogP contribution in [0.15, 0.2) is 6.33 Å². The fourth-order valence-electron chi connectivity index (χ4n) is 1.45. The van der Waals surface area contributed by atoms with Crippen molar-refractivity contribution in [3.8, 4) is 0 Å². The van der Waals surface area contributed by atoms with Crippen LogP contribution < -0.4 is 11.1 Å². The van der Waals surface area contributed by atoms with Gasteiger partial charge in [-0.25, -0.2) is 9.97 Å². The molecule has 1 atom stereocenters. The van der Waals surface area contributed by atoms with Crippen LogP contribution >= 0.6 is 0 Å². The Morgan fingerprint density at radius 1 is 1.47 bits per heavy atom. The van der Waals surface area contributed by atoms with Gasteiger partial charge in [0.2, 0.25) is 0 Å². The third-order valence-corrected chi connectivity index (χ3v) is 2.47. The van der Waals surface area contributed by atoms with E-state index in [-0.39, 0.29) is 19.1 Å². The highest BCUT2D eigenvalue weighted by Crippen LogP contribution is 2.26. The van der Waals surface area contributed by atoms with Gasteiger partial charge in [-0.3, -0.25) is 0 Å². The lowest BCUT2D eigenvalue weighted by molar-refractivity contribution is 0.0131. The maximum absolute atomic E-state index is 9.70. The quantitative estimate of drug-likeness (QED) is 0.591. The molecule has 17 heavy (non-hydrogen) atoms. The van der Waals surface area contributed by atoms with E-state index in [4.69, 9.17) is 10.8 Å². The number of aliphatic hydroxyl groups excluding tert-OH is 1. The lowest BCUT2D eigenvalue weighted by Gasteiger charge is -2.22. The van der Waals surface area contributed by atoms with Gasteiger partial charge in [0.05, 0.1) is 6.61 Å². The number of nitrogens with one attached hydrogen (secondary N) is 1. The lowest BCUT2D eigenvalue weighted by atomic mass is 10.0. The molecule has 1 aromatic rings. The molecule has 1 unspecified atom stereocenters. The first kappa shape index (κ1) is 13.7. The zero-order chi connectivity index (χ0) is 13.1. The molecule has 0 aliphatic carbocycles. The number of nitrogens with two attached hydrogens (primary N) is 1. The zero-order valence-electron chi connectivity index (χ0n) is 10.4. The summed E-state index contributed by atoms with van der Waals surface area (Å²) in [5, 5.41) is 21.6. The van der Waals surface area contributed by atoms with Crippen molar-refractivity contribution in [1.82, 2.24) is 9.97 Å². The molecular formula is C11H20N4O2. The van der Waals surface area contributed by atoms with E-state index in [1.807, 2.05) is 13.8 Å². The second kappa shape index (κ2) is 5.29. The van der Waals surface area contributed by atoms with E-state index in [0.29, 0.717) is 11.6 Å². The average molecular weight is 240 g/mol. The fraction of sp³-hybridized carbons (Fsp3) is 0.636. The summed E-state index contributed by atoms with van der Waals surface area (Å²) in [5.41, 5.74) is 5.43. The van der Waals surface area contributed by atoms with Crippen LogP contribution in [0.3, 0.4) is 0 Å². The standard InChI is InChI=1S/C11H20N4O2/c1-7(2)8-9(12)14-6-15-10(8)13-4-11(3,17)5-16/h6-7,16-17H,4-5H2,1-3H3,(H3,12,13,14,15). The molecule has 0 aromatic carbocycles. The molecule has 0 saturated carbocycles. The Morgan fingerprint density at radius 2 is 2.12 bits per heavy atom. The topological polar surface area (TPSA) is 104 Å². The Hall–Kier alpha value is -1.40. The molecule has 0 spiro atoms. The SMILES string of the molecule is CC(C)c1c(N)ncnc1NCC(C)(O)CO. The van der Waals surface area contributed by atoms with Gasteiger partial charge in [-0.2, -0.15) is 0 Å². The third kappa shape index (κ3) is 3.54. The summed E-state index contributed by atoms with van der Waals surface area (Å²) in [6.07, 6.45) is 1.37. The Labute approximate surface area is 101 Å². The maximum atomic E-state index is 9.70. The molecule has 0 amide bonds. The van der Waals surface area contributed by atoms with Gasteiger partial charge in [-0.15, -0.1) is 0 Å². The largest absolute Gasteiger partial charge is 0.393 e. The van der Waals surface area contributed by atoms with Crippen molar-refractivity contribution in [2.24, 2.45) is 0 Å². The van der Waals surface area contributed by atoms with Crippen LogP contribution in [-0.2, 0) is 0 Å². The van der Waals surface area contributed by atoms with Crippen molar-refractivity contribution in [2.75, 3.05) is 24.2 Å². The summed E-state index contributed by atoms with van der Waals surface area (Å²) in [4.78, 5) is 8.04. The van der Waals surface area contributed by atoms with E-state index >= 15 is 0 Å². The van der Waals surface area contributed by atoms with E-state index in [0.717, 1.165) is 5.56 Å². The van der Waals surface area contributed by atoms with Gasteiger partial charge < -0.3 is 21.3 Å². The van der Waals surface area contributed by atoms with Crippen molar-refractivity contribution in [1.29, 1.82) is 0 Å². The normalized spacial score (nSPS) is 14.7. The predicted octanol–water partition coefficient (Wildman–Crippen LogP) is 0.337. The number of anilines is 2. The zero-order valence-corrected chi connectivity index (χ0v) is 10.4. The van der Waals surface area contributed by atoms with Crippen LogP contribution in [0.25, 0.3) is 0 Å². The molecule has 1 rings (SSSR count). The maximum Gasteiger partial charge on any atom is 0.135 e. The Balaban J connectivity index is 2.88. The van der Waals surface area contributed by atoms with Gasteiger partial charge in [-0.1, -0.05) is 13.8 Å². The van der Waals surface area contributed by atoms with Crippen molar-refractivity contribution in [3.05, 3.63) is 11.9 Å². The fourth-order valence-corrected chi connectivity index (χ4v) is 1.45. The van der Waals surface area contributed by atoms with E-state index in [2.05, 4.69) is 15.3 Å². The minimum Gasteiger partial charge on any atom is -0.393 e. The minimum atomic E-state index is -1.19. The number of hydrogen-bond acceptors (Lipinski definition) is 6. The molecule has 0 aliphatic heterocycles. The van der Waals surface area contributed by atoms with E-state index in [1.54, 1.807) is 6.92 Å². The third-order valence-electron chi connectivity index (χ3n) is 2.47. The average Bonchev–Trinajstić information content (AvgIpc) is 2.26. The number of nitrogens with zero attached hydrogens (tertiary/aromatic N) is 2. The van der Waals surface area contributed by atoms with Gasteiger partial charge in [0.15, 0.2) is 0 Å². The van der Waals surface area contributed by atoms with Gasteiger partial charge in [0.25, 0.3) is 0 Å². The molecule has 96 valence electrons. The second-order valence-electron chi connectivity index (χ2n) is 4.68. The highest BCUT2D eigenvalue weighted by atomic mass is 16.3. The monoisotopic (exact) mass is 240 g/mol. The van der Waals surface area contributed by atoms with Crippen LogP contribution in [0.1, 0.15) is 32.3 Å². The Bertz CT molecular complexity index is 380. The summed E-state index contributed by atoms with van der Waals surface area (Å²) in [7, 11) is 0. The predicted molar refractivity (Wildman–Crippen MR) is 66.7 cm³/mol. The number of aromatic nitrogens is 2. The van der Waals surface area contributed by atoms with Crippen LogP contribution in [0.4, 0.5) is 11.6 Å². The lowest BCUT2D eigenvalue weighted by Crippen LogP contribution is -2.37. The van der Waals surface area contributed by atoms with Gasteiger partial charge in [0.1, 0.15) is 23.6 Å². The smallest absolute Gasteiger partial charge is 0.135 e.